The Morgan fingerprint density at radius 3 is 2.70 bits per heavy atom. The zero-order valence-corrected chi connectivity index (χ0v) is 12.1. The molecule has 2 heterocycles. The molecule has 0 bridgehead atoms. The topological polar surface area (TPSA) is 90.8 Å². The molecular formula is C13H20N6O. The molecule has 108 valence electrons. The predicted molar refractivity (Wildman–Crippen MR) is 76.1 cm³/mol. The van der Waals surface area contributed by atoms with Crippen LogP contribution in [0.1, 0.15) is 17.0 Å². The predicted octanol–water partition coefficient (Wildman–Crippen LogP) is 0.403. The van der Waals surface area contributed by atoms with E-state index in [1.165, 1.54) is 0 Å². The lowest BCUT2D eigenvalue weighted by atomic mass is 10.3. The van der Waals surface area contributed by atoms with E-state index < -0.39 is 0 Å². The number of rotatable bonds is 5. The van der Waals surface area contributed by atoms with Crippen LogP contribution in [-0.2, 0) is 17.9 Å². The van der Waals surface area contributed by atoms with Gasteiger partial charge >= 0.3 is 0 Å². The Bertz CT molecular complexity index is 612. The van der Waals surface area contributed by atoms with Gasteiger partial charge in [-0.25, -0.2) is 0 Å². The van der Waals surface area contributed by atoms with Gasteiger partial charge in [-0.1, -0.05) is 0 Å². The molecule has 0 aliphatic heterocycles. The van der Waals surface area contributed by atoms with Crippen molar-refractivity contribution in [2.24, 2.45) is 0 Å². The van der Waals surface area contributed by atoms with Gasteiger partial charge in [-0.3, -0.25) is 14.2 Å². The fourth-order valence-electron chi connectivity index (χ4n) is 1.96. The maximum atomic E-state index is 11.8. The SMILES string of the molecule is Cc1cnn(CCNC(=O)Cn2nc(C)c(N)c2C)c1. The van der Waals surface area contributed by atoms with E-state index in [0.717, 1.165) is 17.0 Å². The minimum absolute atomic E-state index is 0.0838. The monoisotopic (exact) mass is 276 g/mol. The van der Waals surface area contributed by atoms with Gasteiger partial charge in [0.1, 0.15) is 6.54 Å². The summed E-state index contributed by atoms with van der Waals surface area (Å²) < 4.78 is 3.43. The number of carbonyl (C=O) groups is 1. The number of hydrogen-bond acceptors (Lipinski definition) is 4. The first-order valence-corrected chi connectivity index (χ1v) is 6.52. The Morgan fingerprint density at radius 2 is 2.15 bits per heavy atom. The third-order valence-corrected chi connectivity index (χ3v) is 3.16. The van der Waals surface area contributed by atoms with Crippen LogP contribution >= 0.6 is 0 Å². The number of amides is 1. The van der Waals surface area contributed by atoms with Gasteiger partial charge < -0.3 is 11.1 Å². The molecule has 0 fully saturated rings. The molecule has 2 aromatic heterocycles. The number of nitrogens with zero attached hydrogens (tertiary/aromatic N) is 4. The molecule has 0 atom stereocenters. The summed E-state index contributed by atoms with van der Waals surface area (Å²) in [6.45, 7) is 7.04. The number of nitrogens with one attached hydrogen (secondary N) is 1. The number of hydrogen-bond donors (Lipinski definition) is 2. The van der Waals surface area contributed by atoms with Crippen molar-refractivity contribution in [1.29, 1.82) is 0 Å². The summed E-state index contributed by atoms with van der Waals surface area (Å²) in [5, 5.41) is 11.2. The molecule has 2 aromatic rings. The second kappa shape index (κ2) is 5.77. The molecule has 0 aliphatic carbocycles. The van der Waals surface area contributed by atoms with Crippen LogP contribution in [0.2, 0.25) is 0 Å². The average Bonchev–Trinajstić information content (AvgIpc) is 2.90. The van der Waals surface area contributed by atoms with Crippen molar-refractivity contribution in [1.82, 2.24) is 24.9 Å². The van der Waals surface area contributed by atoms with E-state index in [4.69, 9.17) is 5.73 Å². The highest BCUT2D eigenvalue weighted by Crippen LogP contribution is 2.14. The van der Waals surface area contributed by atoms with Crippen molar-refractivity contribution in [3.8, 4) is 0 Å². The zero-order chi connectivity index (χ0) is 14.7. The Balaban J connectivity index is 1.82. The van der Waals surface area contributed by atoms with Crippen LogP contribution in [0.4, 0.5) is 5.69 Å². The quantitative estimate of drug-likeness (QED) is 0.827. The van der Waals surface area contributed by atoms with E-state index in [1.807, 2.05) is 27.0 Å². The normalized spacial score (nSPS) is 10.8. The van der Waals surface area contributed by atoms with Crippen LogP contribution in [0.3, 0.4) is 0 Å². The number of nitrogen functional groups attached to an aromatic ring is 1. The molecule has 7 nitrogen and oxygen atoms in total. The zero-order valence-electron chi connectivity index (χ0n) is 12.1. The van der Waals surface area contributed by atoms with E-state index >= 15 is 0 Å². The number of nitrogens with two attached hydrogens (primary N) is 1. The third-order valence-electron chi connectivity index (χ3n) is 3.16. The second-order valence-corrected chi connectivity index (χ2v) is 4.87. The van der Waals surface area contributed by atoms with E-state index in [-0.39, 0.29) is 12.5 Å². The van der Waals surface area contributed by atoms with Crippen molar-refractivity contribution in [2.45, 2.75) is 33.9 Å². The van der Waals surface area contributed by atoms with Gasteiger partial charge in [-0.15, -0.1) is 0 Å². The Kier molecular flexibility index (Phi) is 4.07. The molecule has 2 rings (SSSR count). The lowest BCUT2D eigenvalue weighted by Crippen LogP contribution is -2.31. The lowest BCUT2D eigenvalue weighted by molar-refractivity contribution is -0.121. The molecule has 7 heteroatoms. The molecule has 0 spiro atoms. The summed E-state index contributed by atoms with van der Waals surface area (Å²) in [7, 11) is 0. The summed E-state index contributed by atoms with van der Waals surface area (Å²) in [4.78, 5) is 11.8. The van der Waals surface area contributed by atoms with Crippen LogP contribution in [0.25, 0.3) is 0 Å². The van der Waals surface area contributed by atoms with E-state index in [0.29, 0.717) is 18.8 Å². The second-order valence-electron chi connectivity index (χ2n) is 4.87. The number of anilines is 1. The summed E-state index contributed by atoms with van der Waals surface area (Å²) in [5.41, 5.74) is 9.15. The summed E-state index contributed by atoms with van der Waals surface area (Å²) in [6.07, 6.45) is 3.73. The van der Waals surface area contributed by atoms with Crippen molar-refractivity contribution in [3.63, 3.8) is 0 Å². The number of aromatic nitrogens is 4. The van der Waals surface area contributed by atoms with Crippen LogP contribution in [0.15, 0.2) is 12.4 Å². The summed E-state index contributed by atoms with van der Waals surface area (Å²) in [6, 6.07) is 0. The van der Waals surface area contributed by atoms with Gasteiger partial charge in [0.25, 0.3) is 0 Å². The Labute approximate surface area is 117 Å². The highest BCUT2D eigenvalue weighted by atomic mass is 16.2. The van der Waals surface area contributed by atoms with Gasteiger partial charge in [-0.05, 0) is 26.3 Å². The fourth-order valence-corrected chi connectivity index (χ4v) is 1.96. The molecule has 0 saturated heterocycles. The number of carbonyl (C=O) groups excluding carboxylic acids is 1. The molecule has 3 N–H and O–H groups in total. The first kappa shape index (κ1) is 14.1. The maximum Gasteiger partial charge on any atom is 0.241 e. The van der Waals surface area contributed by atoms with Crippen molar-refractivity contribution in [2.75, 3.05) is 12.3 Å². The third kappa shape index (κ3) is 3.17. The van der Waals surface area contributed by atoms with Gasteiger partial charge in [0.2, 0.25) is 5.91 Å². The largest absolute Gasteiger partial charge is 0.396 e. The summed E-state index contributed by atoms with van der Waals surface area (Å²) in [5.74, 6) is -0.0838. The fraction of sp³-hybridized carbons (Fsp3) is 0.462. The smallest absolute Gasteiger partial charge is 0.241 e. The van der Waals surface area contributed by atoms with E-state index in [9.17, 15) is 4.79 Å². The summed E-state index contributed by atoms with van der Waals surface area (Å²) >= 11 is 0. The molecule has 0 aliphatic rings. The molecule has 0 radical (unpaired) electrons. The van der Waals surface area contributed by atoms with Crippen LogP contribution in [0, 0.1) is 20.8 Å². The van der Waals surface area contributed by atoms with Gasteiger partial charge in [0.05, 0.1) is 29.8 Å². The molecular weight excluding hydrogens is 256 g/mol. The maximum absolute atomic E-state index is 11.8. The Morgan fingerprint density at radius 1 is 1.40 bits per heavy atom. The molecule has 1 amide bonds. The standard InChI is InChI=1S/C13H20N6O/c1-9-6-16-18(7-9)5-4-15-12(20)8-19-11(3)13(14)10(2)17-19/h6-7H,4-5,8,14H2,1-3H3,(H,15,20). The number of aryl methyl sites for hydroxylation is 2. The van der Waals surface area contributed by atoms with Gasteiger partial charge in [0.15, 0.2) is 0 Å². The lowest BCUT2D eigenvalue weighted by Gasteiger charge is -2.07. The van der Waals surface area contributed by atoms with Crippen molar-refractivity contribution < 1.29 is 4.79 Å². The van der Waals surface area contributed by atoms with E-state index in [2.05, 4.69) is 15.5 Å². The minimum atomic E-state index is -0.0838. The van der Waals surface area contributed by atoms with Crippen LogP contribution < -0.4 is 11.1 Å². The van der Waals surface area contributed by atoms with E-state index in [1.54, 1.807) is 15.6 Å². The van der Waals surface area contributed by atoms with Crippen molar-refractivity contribution in [3.05, 3.63) is 29.3 Å². The highest BCUT2D eigenvalue weighted by molar-refractivity contribution is 5.75. The molecule has 0 saturated carbocycles. The average molecular weight is 276 g/mol. The Hall–Kier alpha value is -2.31. The van der Waals surface area contributed by atoms with Gasteiger partial charge in [-0.2, -0.15) is 10.2 Å². The van der Waals surface area contributed by atoms with Crippen LogP contribution in [-0.4, -0.2) is 32.0 Å². The van der Waals surface area contributed by atoms with Gasteiger partial charge in [0, 0.05) is 12.7 Å². The molecule has 20 heavy (non-hydrogen) atoms. The minimum Gasteiger partial charge on any atom is -0.396 e. The molecule has 0 unspecified atom stereocenters. The first-order valence-electron chi connectivity index (χ1n) is 6.52. The van der Waals surface area contributed by atoms with Crippen LogP contribution in [0.5, 0.6) is 0 Å². The first-order chi connectivity index (χ1) is 9.47. The molecule has 0 aromatic carbocycles. The highest BCUT2D eigenvalue weighted by Gasteiger charge is 2.11. The van der Waals surface area contributed by atoms with Crippen molar-refractivity contribution >= 4 is 11.6 Å².